The Morgan fingerprint density at radius 2 is 2.17 bits per heavy atom. The number of carbonyl (C=O) groups excluding carboxylic acids is 1. The zero-order valence-corrected chi connectivity index (χ0v) is 11.1. The summed E-state index contributed by atoms with van der Waals surface area (Å²) in [6.07, 6.45) is 3.61. The lowest BCUT2D eigenvalue weighted by molar-refractivity contribution is -0.143. The summed E-state index contributed by atoms with van der Waals surface area (Å²) in [7, 11) is 1.44. The summed E-state index contributed by atoms with van der Waals surface area (Å²) < 4.78 is 6.97. The lowest BCUT2D eigenvalue weighted by Gasteiger charge is -2.14. The van der Waals surface area contributed by atoms with E-state index in [9.17, 15) is 4.79 Å². The Balaban J connectivity index is 2.30. The molecule has 2 heterocycles. The average molecular weight is 264 g/mol. The quantitative estimate of drug-likeness (QED) is 0.780. The van der Waals surface area contributed by atoms with Gasteiger partial charge in [0, 0.05) is 11.9 Å². The summed E-state index contributed by atoms with van der Waals surface area (Å²) in [5.41, 5.74) is 2.42. The van der Waals surface area contributed by atoms with Gasteiger partial charge in [0.25, 0.3) is 0 Å². The molecule has 0 aliphatic heterocycles. The Labute approximate surface area is 110 Å². The van der Waals surface area contributed by atoms with Crippen LogP contribution in [-0.2, 0) is 14.9 Å². The zero-order chi connectivity index (χ0) is 12.9. The van der Waals surface area contributed by atoms with E-state index in [1.165, 1.54) is 7.11 Å². The molecule has 0 unspecified atom stereocenters. The minimum atomic E-state index is -0.490. The van der Waals surface area contributed by atoms with Crippen molar-refractivity contribution in [3.8, 4) is 0 Å². The van der Waals surface area contributed by atoms with Gasteiger partial charge in [-0.15, -0.1) is 0 Å². The topological polar surface area (TPSA) is 30.7 Å². The van der Waals surface area contributed by atoms with Crippen molar-refractivity contribution in [3.05, 3.63) is 40.7 Å². The number of fused-ring (bicyclic) bond motifs is 1. The molecule has 0 spiro atoms. The lowest BCUT2D eigenvalue weighted by Crippen LogP contribution is -2.24. The van der Waals surface area contributed by atoms with Crippen LogP contribution in [0.2, 0.25) is 5.02 Å². The predicted molar refractivity (Wildman–Crippen MR) is 70.1 cm³/mol. The van der Waals surface area contributed by atoms with E-state index in [0.717, 1.165) is 34.6 Å². The van der Waals surface area contributed by atoms with E-state index >= 15 is 0 Å². The third-order valence-corrected chi connectivity index (χ3v) is 4.27. The molecule has 3 rings (SSSR count). The summed E-state index contributed by atoms with van der Waals surface area (Å²) in [6.45, 7) is 1.97. The van der Waals surface area contributed by atoms with Crippen molar-refractivity contribution >= 4 is 23.1 Å². The van der Waals surface area contributed by atoms with Gasteiger partial charge in [0.05, 0.1) is 17.6 Å². The smallest absolute Gasteiger partial charge is 0.317 e. The molecular weight excluding hydrogens is 250 g/mol. The van der Waals surface area contributed by atoms with Crippen LogP contribution in [0.25, 0.3) is 5.52 Å². The Kier molecular flexibility index (Phi) is 2.42. The standard InChI is InChI=1S/C14H14ClNO2/c1-9-11(15)10-5-3-4-8-16(10)12(9)14(6-7-14)13(17)18-2/h3-5,8H,6-7H2,1-2H3. The highest BCUT2D eigenvalue weighted by molar-refractivity contribution is 6.35. The Hall–Kier alpha value is -1.48. The van der Waals surface area contributed by atoms with E-state index < -0.39 is 5.41 Å². The first kappa shape index (κ1) is 11.6. The predicted octanol–water partition coefficient (Wildman–Crippen LogP) is 3.11. The Morgan fingerprint density at radius 3 is 2.78 bits per heavy atom. The van der Waals surface area contributed by atoms with E-state index in [2.05, 4.69) is 0 Å². The normalized spacial score (nSPS) is 16.8. The summed E-state index contributed by atoms with van der Waals surface area (Å²) >= 11 is 6.36. The fourth-order valence-electron chi connectivity index (χ4n) is 2.74. The van der Waals surface area contributed by atoms with Crippen LogP contribution in [0.4, 0.5) is 0 Å². The molecule has 0 saturated heterocycles. The van der Waals surface area contributed by atoms with Gasteiger partial charge >= 0.3 is 5.97 Å². The highest BCUT2D eigenvalue weighted by atomic mass is 35.5. The SMILES string of the molecule is COC(=O)C1(c2c(C)c(Cl)c3ccccn23)CC1. The van der Waals surface area contributed by atoms with Crippen LogP contribution >= 0.6 is 11.6 Å². The van der Waals surface area contributed by atoms with Gasteiger partial charge < -0.3 is 9.14 Å². The molecule has 3 nitrogen and oxygen atoms in total. The van der Waals surface area contributed by atoms with Crippen LogP contribution < -0.4 is 0 Å². The first-order valence-corrected chi connectivity index (χ1v) is 6.33. The Morgan fingerprint density at radius 1 is 1.44 bits per heavy atom. The monoisotopic (exact) mass is 263 g/mol. The third kappa shape index (κ3) is 1.34. The number of nitrogens with zero attached hydrogens (tertiary/aromatic N) is 1. The highest BCUT2D eigenvalue weighted by Gasteiger charge is 2.55. The van der Waals surface area contributed by atoms with E-state index in [1.807, 2.05) is 35.7 Å². The Bertz CT molecular complexity index is 641. The van der Waals surface area contributed by atoms with Gasteiger partial charge in [-0.25, -0.2) is 0 Å². The van der Waals surface area contributed by atoms with Gasteiger partial charge in [-0.1, -0.05) is 17.7 Å². The average Bonchev–Trinajstić information content (AvgIpc) is 3.15. The molecule has 0 aromatic carbocycles. The molecule has 0 bridgehead atoms. The van der Waals surface area contributed by atoms with Gasteiger partial charge in [0.1, 0.15) is 5.41 Å². The maximum Gasteiger partial charge on any atom is 0.317 e. The van der Waals surface area contributed by atoms with Crippen molar-refractivity contribution in [1.82, 2.24) is 4.40 Å². The first-order chi connectivity index (χ1) is 8.62. The number of hydrogen-bond acceptors (Lipinski definition) is 2. The number of esters is 1. The number of pyridine rings is 1. The molecule has 94 valence electrons. The molecule has 0 radical (unpaired) electrons. The first-order valence-electron chi connectivity index (χ1n) is 5.96. The minimum Gasteiger partial charge on any atom is -0.468 e. The van der Waals surface area contributed by atoms with Crippen molar-refractivity contribution in [1.29, 1.82) is 0 Å². The molecule has 0 N–H and O–H groups in total. The van der Waals surface area contributed by atoms with Crippen molar-refractivity contribution in [2.24, 2.45) is 0 Å². The fraction of sp³-hybridized carbons (Fsp3) is 0.357. The zero-order valence-electron chi connectivity index (χ0n) is 10.4. The van der Waals surface area contributed by atoms with Crippen LogP contribution in [0.3, 0.4) is 0 Å². The molecule has 1 fully saturated rings. The fourth-order valence-corrected chi connectivity index (χ4v) is 2.98. The molecule has 4 heteroatoms. The molecule has 18 heavy (non-hydrogen) atoms. The summed E-state index contributed by atoms with van der Waals surface area (Å²) in [5, 5.41) is 0.723. The van der Waals surface area contributed by atoms with Crippen LogP contribution in [0.1, 0.15) is 24.1 Å². The third-order valence-electron chi connectivity index (χ3n) is 3.79. The minimum absolute atomic E-state index is 0.162. The molecule has 2 aromatic heterocycles. The second-order valence-electron chi connectivity index (χ2n) is 4.82. The highest BCUT2D eigenvalue weighted by Crippen LogP contribution is 2.52. The number of hydrogen-bond donors (Lipinski definition) is 0. The summed E-state index contributed by atoms with van der Waals surface area (Å²) in [4.78, 5) is 12.0. The number of carbonyl (C=O) groups is 1. The van der Waals surface area contributed by atoms with E-state index in [-0.39, 0.29) is 5.97 Å². The molecule has 1 aliphatic carbocycles. The summed E-state index contributed by atoms with van der Waals surface area (Å²) in [6, 6.07) is 5.86. The van der Waals surface area contributed by atoms with E-state index in [1.54, 1.807) is 0 Å². The van der Waals surface area contributed by atoms with Gasteiger partial charge in [-0.2, -0.15) is 0 Å². The van der Waals surface area contributed by atoms with E-state index in [0.29, 0.717) is 0 Å². The van der Waals surface area contributed by atoms with Crippen LogP contribution in [0, 0.1) is 6.92 Å². The van der Waals surface area contributed by atoms with Gasteiger partial charge in [0.2, 0.25) is 0 Å². The van der Waals surface area contributed by atoms with Crippen molar-refractivity contribution in [2.45, 2.75) is 25.2 Å². The maximum absolute atomic E-state index is 12.0. The van der Waals surface area contributed by atoms with Crippen molar-refractivity contribution in [3.63, 3.8) is 0 Å². The van der Waals surface area contributed by atoms with Crippen LogP contribution in [-0.4, -0.2) is 17.5 Å². The van der Waals surface area contributed by atoms with Gasteiger partial charge in [-0.05, 0) is 37.5 Å². The number of rotatable bonds is 2. The van der Waals surface area contributed by atoms with Crippen LogP contribution in [0.15, 0.2) is 24.4 Å². The van der Waals surface area contributed by atoms with Crippen LogP contribution in [0.5, 0.6) is 0 Å². The number of methoxy groups -OCH3 is 1. The molecule has 0 amide bonds. The molecule has 1 aliphatic rings. The van der Waals surface area contributed by atoms with Gasteiger partial charge in [0.15, 0.2) is 0 Å². The second-order valence-corrected chi connectivity index (χ2v) is 5.20. The lowest BCUT2D eigenvalue weighted by atomic mass is 9.99. The largest absolute Gasteiger partial charge is 0.468 e. The number of aromatic nitrogens is 1. The van der Waals surface area contributed by atoms with Crippen molar-refractivity contribution in [2.75, 3.05) is 7.11 Å². The molecule has 1 saturated carbocycles. The number of halogens is 1. The number of ether oxygens (including phenoxy) is 1. The molecule has 2 aromatic rings. The molecule has 0 atom stereocenters. The van der Waals surface area contributed by atoms with Crippen molar-refractivity contribution < 1.29 is 9.53 Å². The summed E-state index contributed by atoms with van der Waals surface area (Å²) in [5.74, 6) is -0.162. The maximum atomic E-state index is 12.0. The van der Waals surface area contributed by atoms with Gasteiger partial charge in [-0.3, -0.25) is 4.79 Å². The van der Waals surface area contributed by atoms with E-state index in [4.69, 9.17) is 16.3 Å². The molecular formula is C14H14ClNO2. The second kappa shape index (κ2) is 3.75.